The summed E-state index contributed by atoms with van der Waals surface area (Å²) in [5, 5.41) is 0. The zero-order chi connectivity index (χ0) is 22.5. The van der Waals surface area contributed by atoms with Crippen molar-refractivity contribution < 1.29 is 27.4 Å². The summed E-state index contributed by atoms with van der Waals surface area (Å²) in [6.45, 7) is 9.26. The number of halogens is 3. The molecule has 1 aromatic rings. The number of benzene rings is 1. The summed E-state index contributed by atoms with van der Waals surface area (Å²) in [5.74, 6) is -0.313. The first-order chi connectivity index (χ1) is 13.9. The summed E-state index contributed by atoms with van der Waals surface area (Å²) in [7, 11) is 0. The molecule has 0 spiro atoms. The lowest BCUT2D eigenvalue weighted by atomic mass is 10.2. The van der Waals surface area contributed by atoms with Crippen LogP contribution in [0.25, 0.3) is 0 Å². The molecular weight excluding hydrogens is 401 g/mol. The monoisotopic (exact) mass is 428 g/mol. The van der Waals surface area contributed by atoms with Crippen LogP contribution < -0.4 is 10.5 Å². The second kappa shape index (κ2) is 9.27. The number of aliphatic imine (C=N–C) groups is 1. The minimum atomic E-state index is -4.74. The number of carbonyl (C=O) groups excluding carboxylic acids is 1. The SMILES string of the molecule is CC(=Nc1ccc(OC(F)(F)F)cc1)/C(=C\N)N1CCN(C(=O)OC(C)(C)C)CC1. The maximum Gasteiger partial charge on any atom is 0.573 e. The van der Waals surface area contributed by atoms with E-state index in [1.807, 2.05) is 25.7 Å². The van der Waals surface area contributed by atoms with Crippen molar-refractivity contribution in [3.8, 4) is 5.75 Å². The molecule has 1 saturated heterocycles. The Kier molecular flexibility index (Phi) is 7.22. The Hall–Kier alpha value is -2.91. The fourth-order valence-electron chi connectivity index (χ4n) is 2.88. The normalized spacial score (nSPS) is 16.5. The number of rotatable bonds is 4. The van der Waals surface area contributed by atoms with Gasteiger partial charge in [-0.15, -0.1) is 13.2 Å². The van der Waals surface area contributed by atoms with Gasteiger partial charge < -0.3 is 25.0 Å². The van der Waals surface area contributed by atoms with Gasteiger partial charge in [-0.1, -0.05) is 0 Å². The molecule has 0 saturated carbocycles. The van der Waals surface area contributed by atoms with Gasteiger partial charge in [-0.3, -0.25) is 4.99 Å². The average molecular weight is 428 g/mol. The van der Waals surface area contributed by atoms with Crippen molar-refractivity contribution in [2.24, 2.45) is 10.7 Å². The van der Waals surface area contributed by atoms with Crippen LogP contribution in [0.15, 0.2) is 41.2 Å². The number of piperazine rings is 1. The fraction of sp³-hybridized carbons (Fsp3) is 0.500. The van der Waals surface area contributed by atoms with Gasteiger partial charge in [0.25, 0.3) is 0 Å². The molecular formula is C20H27F3N4O3. The van der Waals surface area contributed by atoms with E-state index in [0.717, 1.165) is 0 Å². The molecule has 7 nitrogen and oxygen atoms in total. The van der Waals surface area contributed by atoms with E-state index in [2.05, 4.69) is 9.73 Å². The number of ether oxygens (including phenoxy) is 2. The van der Waals surface area contributed by atoms with Crippen LogP contribution in [-0.4, -0.2) is 59.7 Å². The van der Waals surface area contributed by atoms with E-state index in [0.29, 0.717) is 43.3 Å². The Morgan fingerprint density at radius 1 is 1.07 bits per heavy atom. The lowest BCUT2D eigenvalue weighted by Crippen LogP contribution is -2.50. The Morgan fingerprint density at radius 2 is 1.60 bits per heavy atom. The number of hydrogen-bond acceptors (Lipinski definition) is 6. The lowest BCUT2D eigenvalue weighted by molar-refractivity contribution is -0.274. The molecule has 166 valence electrons. The van der Waals surface area contributed by atoms with Crippen LogP contribution in [0.2, 0.25) is 0 Å². The fourth-order valence-corrected chi connectivity index (χ4v) is 2.88. The van der Waals surface area contributed by atoms with E-state index in [1.54, 1.807) is 11.8 Å². The number of carbonyl (C=O) groups is 1. The van der Waals surface area contributed by atoms with Crippen LogP contribution in [0.5, 0.6) is 5.75 Å². The molecule has 1 aliphatic heterocycles. The zero-order valence-corrected chi connectivity index (χ0v) is 17.5. The van der Waals surface area contributed by atoms with E-state index in [-0.39, 0.29) is 11.8 Å². The summed E-state index contributed by atoms with van der Waals surface area (Å²) in [6, 6.07) is 5.26. The van der Waals surface area contributed by atoms with Crippen LogP contribution in [0.4, 0.5) is 23.7 Å². The molecule has 1 aliphatic rings. The van der Waals surface area contributed by atoms with Crippen molar-refractivity contribution in [2.75, 3.05) is 26.2 Å². The molecule has 0 atom stereocenters. The van der Waals surface area contributed by atoms with Gasteiger partial charge in [0.1, 0.15) is 11.4 Å². The van der Waals surface area contributed by atoms with E-state index < -0.39 is 12.0 Å². The number of amides is 1. The largest absolute Gasteiger partial charge is 0.573 e. The summed E-state index contributed by atoms with van der Waals surface area (Å²) in [4.78, 5) is 20.3. The third kappa shape index (κ3) is 7.16. The molecule has 0 bridgehead atoms. The molecule has 2 N–H and O–H groups in total. The summed E-state index contributed by atoms with van der Waals surface area (Å²) >= 11 is 0. The van der Waals surface area contributed by atoms with Gasteiger partial charge in [0.15, 0.2) is 0 Å². The summed E-state index contributed by atoms with van der Waals surface area (Å²) in [6.07, 6.45) is -3.66. The molecule has 1 aromatic carbocycles. The molecule has 10 heteroatoms. The number of nitrogens with zero attached hydrogens (tertiary/aromatic N) is 3. The topological polar surface area (TPSA) is 80.4 Å². The Bertz CT molecular complexity index is 791. The van der Waals surface area contributed by atoms with Gasteiger partial charge >= 0.3 is 12.5 Å². The average Bonchev–Trinajstić information content (AvgIpc) is 2.62. The first kappa shape index (κ1) is 23.4. The first-order valence-corrected chi connectivity index (χ1v) is 9.44. The first-order valence-electron chi connectivity index (χ1n) is 9.44. The Labute approximate surface area is 173 Å². The highest BCUT2D eigenvalue weighted by Gasteiger charge is 2.31. The Morgan fingerprint density at radius 3 is 2.07 bits per heavy atom. The molecule has 0 radical (unpaired) electrons. The minimum absolute atomic E-state index is 0.313. The van der Waals surface area contributed by atoms with E-state index in [1.165, 1.54) is 30.5 Å². The predicted molar refractivity (Wildman–Crippen MR) is 108 cm³/mol. The zero-order valence-electron chi connectivity index (χ0n) is 17.5. The second-order valence-corrected chi connectivity index (χ2v) is 7.75. The van der Waals surface area contributed by atoms with E-state index in [9.17, 15) is 18.0 Å². The van der Waals surface area contributed by atoms with Crippen molar-refractivity contribution in [3.05, 3.63) is 36.2 Å². The second-order valence-electron chi connectivity index (χ2n) is 7.75. The lowest BCUT2D eigenvalue weighted by Gasteiger charge is -2.37. The molecule has 0 unspecified atom stereocenters. The van der Waals surface area contributed by atoms with E-state index in [4.69, 9.17) is 10.5 Å². The number of nitrogens with two attached hydrogens (primary N) is 1. The molecule has 2 rings (SSSR count). The standard InChI is InChI=1S/C20H27F3N4O3/c1-14(25-15-5-7-16(8-6-15)29-20(21,22)23)17(13-24)26-9-11-27(12-10-26)18(28)30-19(2,3)4/h5-8,13H,9-12,24H2,1-4H3/b17-13+,25-14?. The molecule has 1 heterocycles. The minimum Gasteiger partial charge on any atom is -0.444 e. The van der Waals surface area contributed by atoms with Crippen LogP contribution in [0.3, 0.4) is 0 Å². The van der Waals surface area contributed by atoms with Crippen LogP contribution in [-0.2, 0) is 4.74 Å². The predicted octanol–water partition coefficient (Wildman–Crippen LogP) is 4.03. The highest BCUT2D eigenvalue weighted by molar-refractivity contribution is 5.99. The molecule has 1 amide bonds. The van der Waals surface area contributed by atoms with Gasteiger partial charge in [0, 0.05) is 32.4 Å². The highest BCUT2D eigenvalue weighted by Crippen LogP contribution is 2.25. The third-order valence-electron chi connectivity index (χ3n) is 4.17. The van der Waals surface area contributed by atoms with Gasteiger partial charge in [0.2, 0.25) is 0 Å². The number of alkyl halides is 3. The van der Waals surface area contributed by atoms with Crippen molar-refractivity contribution in [2.45, 2.75) is 39.7 Å². The highest BCUT2D eigenvalue weighted by atomic mass is 19.4. The van der Waals surface area contributed by atoms with Crippen molar-refractivity contribution >= 4 is 17.5 Å². The Balaban J connectivity index is 2.00. The maximum atomic E-state index is 12.3. The molecule has 0 aliphatic carbocycles. The van der Waals surface area contributed by atoms with E-state index >= 15 is 0 Å². The molecule has 30 heavy (non-hydrogen) atoms. The number of hydrogen-bond donors (Lipinski definition) is 1. The number of allylic oxidation sites excluding steroid dienone is 1. The van der Waals surface area contributed by atoms with Crippen LogP contribution in [0.1, 0.15) is 27.7 Å². The maximum absolute atomic E-state index is 12.3. The van der Waals surface area contributed by atoms with Crippen LogP contribution in [0, 0.1) is 0 Å². The van der Waals surface area contributed by atoms with Crippen molar-refractivity contribution in [1.82, 2.24) is 9.80 Å². The summed E-state index contributed by atoms with van der Waals surface area (Å²) in [5.41, 5.74) is 7.00. The van der Waals surface area contributed by atoms with Gasteiger partial charge in [-0.2, -0.15) is 0 Å². The van der Waals surface area contributed by atoms with Gasteiger partial charge in [0.05, 0.1) is 17.1 Å². The van der Waals surface area contributed by atoms with Crippen molar-refractivity contribution in [3.63, 3.8) is 0 Å². The third-order valence-corrected chi connectivity index (χ3v) is 4.17. The van der Waals surface area contributed by atoms with Gasteiger partial charge in [-0.05, 0) is 52.0 Å². The molecule has 1 fully saturated rings. The smallest absolute Gasteiger partial charge is 0.444 e. The molecule has 0 aromatic heterocycles. The summed E-state index contributed by atoms with van der Waals surface area (Å²) < 4.78 is 46.0. The van der Waals surface area contributed by atoms with Crippen molar-refractivity contribution in [1.29, 1.82) is 0 Å². The van der Waals surface area contributed by atoms with Crippen LogP contribution >= 0.6 is 0 Å². The quantitative estimate of drug-likeness (QED) is 0.733. The van der Waals surface area contributed by atoms with Gasteiger partial charge in [-0.25, -0.2) is 4.79 Å².